The van der Waals surface area contributed by atoms with Gasteiger partial charge in [0.05, 0.1) is 11.4 Å². The number of aromatic nitrogens is 5. The van der Waals surface area contributed by atoms with Gasteiger partial charge in [-0.1, -0.05) is 11.8 Å². The first-order chi connectivity index (χ1) is 13.0. The van der Waals surface area contributed by atoms with Crippen molar-refractivity contribution in [3.63, 3.8) is 0 Å². The lowest BCUT2D eigenvalue weighted by Gasteiger charge is -2.07. The molecule has 138 valence electrons. The zero-order chi connectivity index (χ0) is 19.0. The predicted octanol–water partition coefficient (Wildman–Crippen LogP) is 2.80. The molecule has 0 saturated heterocycles. The number of carbonyl (C=O) groups excluding carboxylic acids is 1. The minimum atomic E-state index is -0.287. The minimum absolute atomic E-state index is 0.0456. The van der Waals surface area contributed by atoms with Crippen LogP contribution in [0.3, 0.4) is 0 Å². The van der Waals surface area contributed by atoms with Crippen LogP contribution in [0.1, 0.15) is 13.8 Å². The number of benzene rings is 1. The molecule has 1 N–H and O–H groups in total. The zero-order valence-electron chi connectivity index (χ0n) is 14.8. The highest BCUT2D eigenvalue weighted by Crippen LogP contribution is 2.24. The molecule has 0 bridgehead atoms. The van der Waals surface area contributed by atoms with Crippen molar-refractivity contribution in [1.29, 1.82) is 0 Å². The van der Waals surface area contributed by atoms with Gasteiger partial charge in [-0.05, 0) is 44.2 Å². The van der Waals surface area contributed by atoms with Crippen molar-refractivity contribution in [1.82, 2.24) is 29.5 Å². The predicted molar refractivity (Wildman–Crippen MR) is 101 cm³/mol. The average Bonchev–Trinajstić information content (AvgIpc) is 3.23. The standard InChI is InChI=1S/C18H17FN6OS/c1-11(2)20-16(26)10-27-18-22-21-17-15-9-14(12-3-5-13(19)6-4-12)23-25(15)8-7-24(17)18/h3-9,11H,10H2,1-2H3,(H,20,26). The van der Waals surface area contributed by atoms with E-state index in [4.69, 9.17) is 0 Å². The van der Waals surface area contributed by atoms with Gasteiger partial charge in [0.2, 0.25) is 5.91 Å². The average molecular weight is 384 g/mol. The number of nitrogens with one attached hydrogen (secondary N) is 1. The van der Waals surface area contributed by atoms with Crippen molar-refractivity contribution in [3.8, 4) is 11.3 Å². The number of hydrogen-bond acceptors (Lipinski definition) is 5. The number of nitrogens with zero attached hydrogens (tertiary/aromatic N) is 5. The van der Waals surface area contributed by atoms with Crippen molar-refractivity contribution >= 4 is 28.8 Å². The third-order valence-electron chi connectivity index (χ3n) is 3.91. The van der Waals surface area contributed by atoms with Crippen LogP contribution in [0.25, 0.3) is 22.4 Å². The van der Waals surface area contributed by atoms with E-state index >= 15 is 0 Å². The van der Waals surface area contributed by atoms with Gasteiger partial charge in [-0.15, -0.1) is 10.2 Å². The summed E-state index contributed by atoms with van der Waals surface area (Å²) in [5, 5.41) is 16.4. The van der Waals surface area contributed by atoms with Gasteiger partial charge in [0.1, 0.15) is 11.3 Å². The molecule has 0 aliphatic rings. The Bertz CT molecular complexity index is 1120. The van der Waals surface area contributed by atoms with Gasteiger partial charge in [0, 0.05) is 24.0 Å². The monoisotopic (exact) mass is 384 g/mol. The highest BCUT2D eigenvalue weighted by Gasteiger charge is 2.14. The van der Waals surface area contributed by atoms with Crippen LogP contribution in [0.5, 0.6) is 0 Å². The fourth-order valence-corrected chi connectivity index (χ4v) is 3.47. The van der Waals surface area contributed by atoms with Crippen molar-refractivity contribution < 1.29 is 9.18 Å². The van der Waals surface area contributed by atoms with Gasteiger partial charge in [-0.25, -0.2) is 8.91 Å². The number of thioether (sulfide) groups is 1. The quantitative estimate of drug-likeness (QED) is 0.536. The summed E-state index contributed by atoms with van der Waals surface area (Å²) in [6.45, 7) is 3.84. The topological polar surface area (TPSA) is 76.6 Å². The maximum Gasteiger partial charge on any atom is 0.230 e. The summed E-state index contributed by atoms with van der Waals surface area (Å²) < 4.78 is 16.7. The Morgan fingerprint density at radius 1 is 1.22 bits per heavy atom. The number of fused-ring (bicyclic) bond motifs is 3. The van der Waals surface area contributed by atoms with Crippen LogP contribution in [0.2, 0.25) is 0 Å². The van der Waals surface area contributed by atoms with Gasteiger partial charge in [0.15, 0.2) is 10.8 Å². The molecule has 0 saturated carbocycles. The second-order valence-electron chi connectivity index (χ2n) is 6.35. The maximum atomic E-state index is 13.1. The Hall–Kier alpha value is -2.94. The van der Waals surface area contributed by atoms with E-state index in [0.29, 0.717) is 10.8 Å². The molecule has 0 spiro atoms. The van der Waals surface area contributed by atoms with Gasteiger partial charge in [-0.3, -0.25) is 9.20 Å². The summed E-state index contributed by atoms with van der Waals surface area (Å²) >= 11 is 1.33. The van der Waals surface area contributed by atoms with E-state index in [1.807, 2.05) is 30.5 Å². The van der Waals surface area contributed by atoms with Crippen LogP contribution >= 0.6 is 11.8 Å². The highest BCUT2D eigenvalue weighted by atomic mass is 32.2. The van der Waals surface area contributed by atoms with E-state index in [1.165, 1.54) is 23.9 Å². The molecule has 27 heavy (non-hydrogen) atoms. The fraction of sp³-hybridized carbons (Fsp3) is 0.222. The van der Waals surface area contributed by atoms with Crippen molar-refractivity contribution in [2.45, 2.75) is 25.0 Å². The second-order valence-corrected chi connectivity index (χ2v) is 7.29. The minimum Gasteiger partial charge on any atom is -0.353 e. The molecule has 1 aromatic carbocycles. The molecule has 4 rings (SSSR count). The van der Waals surface area contributed by atoms with Gasteiger partial charge in [0.25, 0.3) is 0 Å². The van der Waals surface area contributed by atoms with E-state index in [-0.39, 0.29) is 23.5 Å². The first-order valence-electron chi connectivity index (χ1n) is 8.42. The first-order valence-corrected chi connectivity index (χ1v) is 9.41. The SMILES string of the molecule is CC(C)NC(=O)CSc1nnc2c3cc(-c4ccc(F)cc4)nn3ccn12. The molecule has 0 atom stereocenters. The van der Waals surface area contributed by atoms with Crippen LogP contribution < -0.4 is 5.32 Å². The fourth-order valence-electron chi connectivity index (χ4n) is 2.74. The molecule has 4 aromatic rings. The lowest BCUT2D eigenvalue weighted by atomic mass is 10.1. The molecular weight excluding hydrogens is 367 g/mol. The Balaban J connectivity index is 1.65. The van der Waals surface area contributed by atoms with Gasteiger partial charge >= 0.3 is 0 Å². The number of hydrogen-bond donors (Lipinski definition) is 1. The third-order valence-corrected chi connectivity index (χ3v) is 4.85. The van der Waals surface area contributed by atoms with E-state index in [9.17, 15) is 9.18 Å². The van der Waals surface area contributed by atoms with Crippen LogP contribution in [-0.2, 0) is 4.79 Å². The van der Waals surface area contributed by atoms with Crippen molar-refractivity contribution in [2.24, 2.45) is 0 Å². The summed E-state index contributed by atoms with van der Waals surface area (Å²) in [6.07, 6.45) is 3.61. The lowest BCUT2D eigenvalue weighted by molar-refractivity contribution is -0.119. The van der Waals surface area contributed by atoms with Crippen LogP contribution in [0.4, 0.5) is 4.39 Å². The Labute approximate surface area is 158 Å². The number of halogens is 1. The summed E-state index contributed by atoms with van der Waals surface area (Å²) in [6, 6.07) is 8.17. The molecule has 3 aromatic heterocycles. The van der Waals surface area contributed by atoms with E-state index in [1.54, 1.807) is 22.8 Å². The molecule has 0 aliphatic heterocycles. The van der Waals surface area contributed by atoms with E-state index < -0.39 is 0 Å². The van der Waals surface area contributed by atoms with E-state index in [0.717, 1.165) is 16.8 Å². The van der Waals surface area contributed by atoms with Crippen LogP contribution in [0.15, 0.2) is 47.9 Å². The van der Waals surface area contributed by atoms with E-state index in [2.05, 4.69) is 20.6 Å². The number of rotatable bonds is 5. The highest BCUT2D eigenvalue weighted by molar-refractivity contribution is 7.99. The molecule has 3 heterocycles. The Kier molecular flexibility index (Phi) is 4.53. The molecule has 0 unspecified atom stereocenters. The lowest BCUT2D eigenvalue weighted by Crippen LogP contribution is -2.31. The normalized spacial score (nSPS) is 11.6. The summed E-state index contributed by atoms with van der Waals surface area (Å²) in [5.41, 5.74) is 2.96. The maximum absolute atomic E-state index is 13.1. The van der Waals surface area contributed by atoms with Gasteiger partial charge in [-0.2, -0.15) is 5.10 Å². The summed E-state index contributed by atoms with van der Waals surface area (Å²) in [5.74, 6) is -0.0640. The largest absolute Gasteiger partial charge is 0.353 e. The molecule has 7 nitrogen and oxygen atoms in total. The number of carbonyl (C=O) groups is 1. The molecule has 9 heteroatoms. The van der Waals surface area contributed by atoms with Gasteiger partial charge < -0.3 is 5.32 Å². The summed E-state index contributed by atoms with van der Waals surface area (Å²) in [4.78, 5) is 11.9. The summed E-state index contributed by atoms with van der Waals surface area (Å²) in [7, 11) is 0. The van der Waals surface area contributed by atoms with Crippen molar-refractivity contribution in [2.75, 3.05) is 5.75 Å². The first kappa shape index (κ1) is 17.5. The smallest absolute Gasteiger partial charge is 0.230 e. The molecule has 0 radical (unpaired) electrons. The molecular formula is C18H17FN6OS. The number of amides is 1. The van der Waals surface area contributed by atoms with Crippen molar-refractivity contribution in [3.05, 3.63) is 48.5 Å². The zero-order valence-corrected chi connectivity index (χ0v) is 15.6. The van der Waals surface area contributed by atoms with Crippen LogP contribution in [-0.4, -0.2) is 41.9 Å². The Morgan fingerprint density at radius 2 is 2.00 bits per heavy atom. The van der Waals surface area contributed by atoms with Crippen LogP contribution in [0, 0.1) is 5.82 Å². The Morgan fingerprint density at radius 3 is 2.74 bits per heavy atom. The molecule has 0 aliphatic carbocycles. The molecule has 0 fully saturated rings. The molecule has 1 amide bonds. The second kappa shape index (κ2) is 6.99. The third kappa shape index (κ3) is 3.50.